The number of aryl methyl sites for hydroxylation is 1. The lowest BCUT2D eigenvalue weighted by molar-refractivity contribution is 0.0861. The molecule has 25 heavy (non-hydrogen) atoms. The zero-order chi connectivity index (χ0) is 17.4. The second kappa shape index (κ2) is 6.78. The Morgan fingerprint density at radius 3 is 3.08 bits per heavy atom. The zero-order valence-electron chi connectivity index (χ0n) is 13.8. The average molecular weight is 376 g/mol. The van der Waals surface area contributed by atoms with Gasteiger partial charge in [0, 0.05) is 18.5 Å². The SMILES string of the molecule is Cc1nn(-c2ccccc2Cl)c2sc(C(=O)NCC3CCCO3)cc12. The summed E-state index contributed by atoms with van der Waals surface area (Å²) in [5.41, 5.74) is 1.69. The second-order valence-electron chi connectivity index (χ2n) is 6.12. The van der Waals surface area contributed by atoms with Gasteiger partial charge in [0.15, 0.2) is 0 Å². The molecular weight excluding hydrogens is 358 g/mol. The number of rotatable bonds is 4. The van der Waals surface area contributed by atoms with Crippen molar-refractivity contribution in [3.8, 4) is 5.69 Å². The van der Waals surface area contributed by atoms with Crippen LogP contribution in [-0.2, 0) is 4.74 Å². The number of aromatic nitrogens is 2. The maximum absolute atomic E-state index is 12.5. The van der Waals surface area contributed by atoms with E-state index >= 15 is 0 Å². The molecule has 1 aromatic carbocycles. The summed E-state index contributed by atoms with van der Waals surface area (Å²) in [7, 11) is 0. The van der Waals surface area contributed by atoms with E-state index in [9.17, 15) is 4.79 Å². The summed E-state index contributed by atoms with van der Waals surface area (Å²) >= 11 is 7.74. The molecule has 0 radical (unpaired) electrons. The van der Waals surface area contributed by atoms with Gasteiger partial charge in [-0.15, -0.1) is 11.3 Å². The lowest BCUT2D eigenvalue weighted by atomic mass is 10.2. The Morgan fingerprint density at radius 2 is 2.32 bits per heavy atom. The molecule has 3 heterocycles. The number of amides is 1. The molecule has 1 fully saturated rings. The van der Waals surface area contributed by atoms with E-state index in [1.165, 1.54) is 11.3 Å². The summed E-state index contributed by atoms with van der Waals surface area (Å²) in [6.07, 6.45) is 2.21. The highest BCUT2D eigenvalue weighted by Gasteiger charge is 2.20. The molecule has 2 aromatic heterocycles. The van der Waals surface area contributed by atoms with Crippen LogP contribution in [0.4, 0.5) is 0 Å². The lowest BCUT2D eigenvalue weighted by Crippen LogP contribution is -2.31. The van der Waals surface area contributed by atoms with E-state index in [2.05, 4.69) is 10.4 Å². The van der Waals surface area contributed by atoms with E-state index in [0.29, 0.717) is 16.4 Å². The summed E-state index contributed by atoms with van der Waals surface area (Å²) in [6.45, 7) is 3.29. The van der Waals surface area contributed by atoms with Gasteiger partial charge in [0.25, 0.3) is 5.91 Å². The van der Waals surface area contributed by atoms with Gasteiger partial charge in [-0.1, -0.05) is 23.7 Å². The third kappa shape index (κ3) is 3.17. The number of para-hydroxylation sites is 1. The van der Waals surface area contributed by atoms with Crippen LogP contribution in [0.5, 0.6) is 0 Å². The van der Waals surface area contributed by atoms with Crippen LogP contribution in [0.3, 0.4) is 0 Å². The van der Waals surface area contributed by atoms with Gasteiger partial charge in [0.1, 0.15) is 4.83 Å². The minimum Gasteiger partial charge on any atom is -0.376 e. The first-order valence-electron chi connectivity index (χ1n) is 8.27. The molecule has 1 N–H and O–H groups in total. The van der Waals surface area contributed by atoms with Gasteiger partial charge in [-0.3, -0.25) is 4.79 Å². The maximum atomic E-state index is 12.5. The van der Waals surface area contributed by atoms with E-state index in [1.54, 1.807) is 0 Å². The van der Waals surface area contributed by atoms with Crippen molar-refractivity contribution < 1.29 is 9.53 Å². The number of hydrogen-bond donors (Lipinski definition) is 1. The summed E-state index contributed by atoms with van der Waals surface area (Å²) in [4.78, 5) is 14.1. The molecule has 4 rings (SSSR count). The number of fused-ring (bicyclic) bond motifs is 1. The van der Waals surface area contributed by atoms with Crippen LogP contribution in [0.15, 0.2) is 30.3 Å². The summed E-state index contributed by atoms with van der Waals surface area (Å²) in [5, 5.41) is 9.16. The molecule has 1 aliphatic heterocycles. The number of ether oxygens (including phenoxy) is 1. The monoisotopic (exact) mass is 375 g/mol. The maximum Gasteiger partial charge on any atom is 0.261 e. The molecule has 1 saturated heterocycles. The Balaban J connectivity index is 1.63. The van der Waals surface area contributed by atoms with Gasteiger partial charge in [0.2, 0.25) is 0 Å². The minimum absolute atomic E-state index is 0.0678. The number of benzene rings is 1. The van der Waals surface area contributed by atoms with E-state index in [4.69, 9.17) is 16.3 Å². The van der Waals surface area contributed by atoms with Crippen LogP contribution < -0.4 is 5.32 Å². The second-order valence-corrected chi connectivity index (χ2v) is 7.56. The fourth-order valence-electron chi connectivity index (χ4n) is 3.04. The Labute approximate surface area is 154 Å². The van der Waals surface area contributed by atoms with Gasteiger partial charge in [-0.2, -0.15) is 5.10 Å². The third-order valence-electron chi connectivity index (χ3n) is 4.36. The number of carbonyl (C=O) groups is 1. The number of nitrogens with one attached hydrogen (secondary N) is 1. The highest BCUT2D eigenvalue weighted by molar-refractivity contribution is 7.20. The minimum atomic E-state index is -0.0678. The largest absolute Gasteiger partial charge is 0.376 e. The number of thiophene rings is 1. The molecule has 1 aliphatic rings. The van der Waals surface area contributed by atoms with Gasteiger partial charge in [0.05, 0.1) is 27.4 Å². The number of halogens is 1. The van der Waals surface area contributed by atoms with Crippen molar-refractivity contribution in [1.29, 1.82) is 0 Å². The van der Waals surface area contributed by atoms with Gasteiger partial charge < -0.3 is 10.1 Å². The van der Waals surface area contributed by atoms with E-state index in [-0.39, 0.29) is 12.0 Å². The van der Waals surface area contributed by atoms with Crippen LogP contribution in [0.2, 0.25) is 5.02 Å². The number of hydrogen-bond acceptors (Lipinski definition) is 4. The standard InChI is InChI=1S/C18H18ClN3O2S/c1-11-13-9-16(17(23)20-10-12-5-4-8-24-12)25-18(13)22(21-11)15-7-3-2-6-14(15)19/h2-3,6-7,9,12H,4-5,8,10H2,1H3,(H,20,23). The van der Waals surface area contributed by atoms with Crippen molar-refractivity contribution in [2.45, 2.75) is 25.9 Å². The van der Waals surface area contributed by atoms with E-state index < -0.39 is 0 Å². The highest BCUT2D eigenvalue weighted by Crippen LogP contribution is 2.32. The fourth-order valence-corrected chi connectivity index (χ4v) is 4.35. The predicted molar refractivity (Wildman–Crippen MR) is 100 cm³/mol. The van der Waals surface area contributed by atoms with Gasteiger partial charge >= 0.3 is 0 Å². The first-order valence-corrected chi connectivity index (χ1v) is 9.47. The molecule has 0 spiro atoms. The molecule has 1 unspecified atom stereocenters. The summed E-state index contributed by atoms with van der Waals surface area (Å²) in [5.74, 6) is -0.0678. The quantitative estimate of drug-likeness (QED) is 0.751. The van der Waals surface area contributed by atoms with Crippen molar-refractivity contribution >= 4 is 39.1 Å². The summed E-state index contributed by atoms with van der Waals surface area (Å²) < 4.78 is 7.37. The van der Waals surface area contributed by atoms with Gasteiger partial charge in [-0.25, -0.2) is 4.68 Å². The van der Waals surface area contributed by atoms with Crippen molar-refractivity contribution in [3.05, 3.63) is 45.9 Å². The Bertz CT molecular complexity index is 928. The van der Waals surface area contributed by atoms with Crippen LogP contribution >= 0.6 is 22.9 Å². The van der Waals surface area contributed by atoms with Gasteiger partial charge in [-0.05, 0) is 38.0 Å². The first-order chi connectivity index (χ1) is 12.1. The third-order valence-corrected chi connectivity index (χ3v) is 5.79. The molecule has 0 aliphatic carbocycles. The summed E-state index contributed by atoms with van der Waals surface area (Å²) in [6, 6.07) is 9.47. The topological polar surface area (TPSA) is 56.2 Å². The van der Waals surface area contributed by atoms with Crippen molar-refractivity contribution in [2.75, 3.05) is 13.2 Å². The Kier molecular flexibility index (Phi) is 4.50. The molecule has 7 heteroatoms. The Morgan fingerprint density at radius 1 is 1.48 bits per heavy atom. The number of carbonyl (C=O) groups excluding carboxylic acids is 1. The predicted octanol–water partition coefficient (Wildman–Crippen LogP) is 3.96. The van der Waals surface area contributed by atoms with Crippen LogP contribution in [0, 0.1) is 6.92 Å². The first kappa shape index (κ1) is 16.6. The highest BCUT2D eigenvalue weighted by atomic mass is 35.5. The molecule has 130 valence electrons. The molecule has 1 amide bonds. The molecule has 0 saturated carbocycles. The smallest absolute Gasteiger partial charge is 0.261 e. The van der Waals surface area contributed by atoms with Crippen LogP contribution in [-0.4, -0.2) is 34.9 Å². The number of nitrogens with zero attached hydrogens (tertiary/aromatic N) is 2. The fraction of sp³-hybridized carbons (Fsp3) is 0.333. The molecular formula is C18H18ClN3O2S. The van der Waals surface area contributed by atoms with Crippen molar-refractivity contribution in [2.24, 2.45) is 0 Å². The van der Waals surface area contributed by atoms with Crippen LogP contribution in [0.25, 0.3) is 15.9 Å². The van der Waals surface area contributed by atoms with E-state index in [0.717, 1.165) is 41.0 Å². The van der Waals surface area contributed by atoms with Crippen molar-refractivity contribution in [1.82, 2.24) is 15.1 Å². The molecule has 0 bridgehead atoms. The van der Waals surface area contributed by atoms with E-state index in [1.807, 2.05) is 41.9 Å². The normalized spacial score (nSPS) is 17.3. The lowest BCUT2D eigenvalue weighted by Gasteiger charge is -2.09. The molecule has 5 nitrogen and oxygen atoms in total. The average Bonchev–Trinajstić information content (AvgIpc) is 3.32. The molecule has 1 atom stereocenters. The zero-order valence-corrected chi connectivity index (χ0v) is 15.4. The van der Waals surface area contributed by atoms with Crippen molar-refractivity contribution in [3.63, 3.8) is 0 Å². The Hall–Kier alpha value is -1.89. The molecule has 3 aromatic rings. The van der Waals surface area contributed by atoms with Crippen LogP contribution in [0.1, 0.15) is 28.2 Å².